The third-order valence-electron chi connectivity index (χ3n) is 4.99. The number of nitrogens with one attached hydrogen (secondary N) is 1. The zero-order valence-electron chi connectivity index (χ0n) is 13.3. The molecule has 0 aromatic heterocycles. The van der Waals surface area contributed by atoms with Crippen molar-refractivity contribution in [1.29, 1.82) is 0 Å². The molecule has 3 N–H and O–H groups in total. The van der Waals surface area contributed by atoms with Gasteiger partial charge in [0.1, 0.15) is 5.75 Å². The van der Waals surface area contributed by atoms with Crippen LogP contribution in [0.1, 0.15) is 68.7 Å². The van der Waals surface area contributed by atoms with Crippen LogP contribution in [0, 0.1) is 5.92 Å². The second kappa shape index (κ2) is 6.69. The van der Waals surface area contributed by atoms with Gasteiger partial charge in [-0.05, 0) is 36.5 Å². The molecule has 0 radical (unpaired) electrons. The fourth-order valence-electron chi connectivity index (χ4n) is 3.78. The summed E-state index contributed by atoms with van der Waals surface area (Å²) in [5.41, 5.74) is 8.77. The van der Waals surface area contributed by atoms with E-state index >= 15 is 0 Å². The molecule has 1 aromatic carbocycles. The van der Waals surface area contributed by atoms with Crippen molar-refractivity contribution in [3.05, 3.63) is 29.3 Å². The molecule has 0 bridgehead atoms. The van der Waals surface area contributed by atoms with Crippen molar-refractivity contribution in [2.45, 2.75) is 57.5 Å². The van der Waals surface area contributed by atoms with Gasteiger partial charge in [-0.25, -0.2) is 0 Å². The smallest absolute Gasteiger partial charge is 0.217 e. The molecule has 2 unspecified atom stereocenters. The molecule has 4 nitrogen and oxygen atoms in total. The van der Waals surface area contributed by atoms with Gasteiger partial charge in [-0.2, -0.15) is 0 Å². The van der Waals surface area contributed by atoms with E-state index in [0.717, 1.165) is 17.7 Å². The van der Waals surface area contributed by atoms with Gasteiger partial charge in [0.25, 0.3) is 0 Å². The number of amides is 1. The maximum atomic E-state index is 11.4. The molecule has 0 saturated heterocycles. The SMILES string of the molecule is CC(=O)NC1CCOc2ccc(C(N)C3CCCCC3)cc21. The van der Waals surface area contributed by atoms with Gasteiger partial charge in [0.15, 0.2) is 0 Å². The maximum absolute atomic E-state index is 11.4. The van der Waals surface area contributed by atoms with E-state index in [1.165, 1.54) is 37.7 Å². The number of fused-ring (bicyclic) bond motifs is 1. The third-order valence-corrected chi connectivity index (χ3v) is 4.99. The van der Waals surface area contributed by atoms with Crippen molar-refractivity contribution < 1.29 is 9.53 Å². The molecule has 1 heterocycles. The van der Waals surface area contributed by atoms with Crippen LogP contribution in [-0.4, -0.2) is 12.5 Å². The molecule has 0 spiro atoms. The van der Waals surface area contributed by atoms with E-state index in [1.54, 1.807) is 6.92 Å². The molecule has 22 heavy (non-hydrogen) atoms. The van der Waals surface area contributed by atoms with Crippen molar-refractivity contribution in [2.75, 3.05) is 6.61 Å². The van der Waals surface area contributed by atoms with E-state index in [4.69, 9.17) is 10.5 Å². The summed E-state index contributed by atoms with van der Waals surface area (Å²) >= 11 is 0. The molecule has 1 aromatic rings. The van der Waals surface area contributed by atoms with Gasteiger partial charge in [0.05, 0.1) is 12.6 Å². The summed E-state index contributed by atoms with van der Waals surface area (Å²) in [5, 5.41) is 3.02. The standard InChI is InChI=1S/C18H26N2O2/c1-12(21)20-16-9-10-22-17-8-7-14(11-15(16)17)18(19)13-5-3-2-4-6-13/h7-8,11,13,16,18H,2-6,9-10,19H2,1H3,(H,20,21). The van der Waals surface area contributed by atoms with Gasteiger partial charge in [-0.1, -0.05) is 25.3 Å². The molecular formula is C18H26N2O2. The highest BCUT2D eigenvalue weighted by Crippen LogP contribution is 2.37. The van der Waals surface area contributed by atoms with Crippen molar-refractivity contribution in [1.82, 2.24) is 5.32 Å². The maximum Gasteiger partial charge on any atom is 0.217 e. The summed E-state index contributed by atoms with van der Waals surface area (Å²) < 4.78 is 5.72. The van der Waals surface area contributed by atoms with Crippen LogP contribution in [0.4, 0.5) is 0 Å². The highest BCUT2D eigenvalue weighted by atomic mass is 16.5. The first-order valence-electron chi connectivity index (χ1n) is 8.44. The fraction of sp³-hybridized carbons (Fsp3) is 0.611. The van der Waals surface area contributed by atoms with E-state index < -0.39 is 0 Å². The number of rotatable bonds is 3. The average Bonchev–Trinajstić information content (AvgIpc) is 2.54. The van der Waals surface area contributed by atoms with Gasteiger partial charge < -0.3 is 15.8 Å². The van der Waals surface area contributed by atoms with Gasteiger partial charge in [-0.3, -0.25) is 4.79 Å². The highest BCUT2D eigenvalue weighted by Gasteiger charge is 2.26. The lowest BCUT2D eigenvalue weighted by molar-refractivity contribution is -0.119. The lowest BCUT2D eigenvalue weighted by Gasteiger charge is -2.30. The number of hydrogen-bond donors (Lipinski definition) is 2. The molecule has 1 aliphatic carbocycles. The molecule has 1 saturated carbocycles. The Kier molecular flexibility index (Phi) is 4.67. The van der Waals surface area contributed by atoms with E-state index in [9.17, 15) is 4.79 Å². The van der Waals surface area contributed by atoms with Crippen LogP contribution in [0.15, 0.2) is 18.2 Å². The number of hydrogen-bond acceptors (Lipinski definition) is 3. The molecule has 2 atom stereocenters. The molecule has 120 valence electrons. The van der Waals surface area contributed by atoms with Crippen LogP contribution in [0.2, 0.25) is 0 Å². The van der Waals surface area contributed by atoms with Crippen LogP contribution < -0.4 is 15.8 Å². The largest absolute Gasteiger partial charge is 0.493 e. The molecule has 3 rings (SSSR count). The predicted octanol–water partition coefficient (Wildman–Crippen LogP) is 3.23. The second-order valence-electron chi connectivity index (χ2n) is 6.61. The Morgan fingerprint density at radius 2 is 2.05 bits per heavy atom. The van der Waals surface area contributed by atoms with E-state index in [-0.39, 0.29) is 18.0 Å². The summed E-state index contributed by atoms with van der Waals surface area (Å²) in [5.74, 6) is 1.46. The van der Waals surface area contributed by atoms with Gasteiger partial charge >= 0.3 is 0 Å². The Hall–Kier alpha value is -1.55. The monoisotopic (exact) mass is 302 g/mol. The molecule has 1 fully saturated rings. The zero-order chi connectivity index (χ0) is 15.5. The van der Waals surface area contributed by atoms with Crippen LogP contribution in [-0.2, 0) is 4.79 Å². The number of nitrogens with two attached hydrogens (primary N) is 1. The first kappa shape index (κ1) is 15.3. The second-order valence-corrected chi connectivity index (χ2v) is 6.61. The van der Waals surface area contributed by atoms with Crippen molar-refractivity contribution in [2.24, 2.45) is 11.7 Å². The average molecular weight is 302 g/mol. The summed E-state index contributed by atoms with van der Waals surface area (Å²) in [4.78, 5) is 11.4. The topological polar surface area (TPSA) is 64.3 Å². The van der Waals surface area contributed by atoms with Crippen LogP contribution in [0.3, 0.4) is 0 Å². The number of carbonyl (C=O) groups is 1. The summed E-state index contributed by atoms with van der Waals surface area (Å²) in [6, 6.07) is 6.38. The minimum atomic E-state index is -0.000156. The molecule has 1 aliphatic heterocycles. The molecular weight excluding hydrogens is 276 g/mol. The van der Waals surface area contributed by atoms with E-state index in [0.29, 0.717) is 12.5 Å². The Morgan fingerprint density at radius 3 is 2.77 bits per heavy atom. The highest BCUT2D eigenvalue weighted by molar-refractivity contribution is 5.73. The van der Waals surface area contributed by atoms with E-state index in [1.807, 2.05) is 6.07 Å². The lowest BCUT2D eigenvalue weighted by Crippen LogP contribution is -2.31. The normalized spacial score (nSPS) is 23.3. The Balaban J connectivity index is 1.83. The van der Waals surface area contributed by atoms with Gasteiger partial charge in [0.2, 0.25) is 5.91 Å². The Labute approximate surface area is 132 Å². The minimum Gasteiger partial charge on any atom is -0.493 e. The number of carbonyl (C=O) groups excluding carboxylic acids is 1. The summed E-state index contributed by atoms with van der Waals surface area (Å²) in [7, 11) is 0. The third kappa shape index (κ3) is 3.27. The summed E-state index contributed by atoms with van der Waals surface area (Å²) in [6.07, 6.45) is 7.19. The molecule has 2 aliphatic rings. The molecule has 4 heteroatoms. The van der Waals surface area contributed by atoms with Crippen molar-refractivity contribution >= 4 is 5.91 Å². The fourth-order valence-corrected chi connectivity index (χ4v) is 3.78. The van der Waals surface area contributed by atoms with Crippen molar-refractivity contribution in [3.63, 3.8) is 0 Å². The zero-order valence-corrected chi connectivity index (χ0v) is 13.3. The van der Waals surface area contributed by atoms with Crippen molar-refractivity contribution in [3.8, 4) is 5.75 Å². The minimum absolute atomic E-state index is 0.000156. The lowest BCUT2D eigenvalue weighted by atomic mass is 9.81. The Morgan fingerprint density at radius 1 is 1.27 bits per heavy atom. The van der Waals surface area contributed by atoms with Gasteiger partial charge in [0, 0.05) is 24.9 Å². The quantitative estimate of drug-likeness (QED) is 0.901. The van der Waals surface area contributed by atoms with E-state index in [2.05, 4.69) is 17.4 Å². The van der Waals surface area contributed by atoms with Crippen LogP contribution in [0.5, 0.6) is 5.75 Å². The summed E-state index contributed by atoms with van der Waals surface area (Å²) in [6.45, 7) is 2.21. The Bertz CT molecular complexity index is 538. The van der Waals surface area contributed by atoms with Crippen LogP contribution >= 0.6 is 0 Å². The number of benzene rings is 1. The first-order chi connectivity index (χ1) is 10.6. The van der Waals surface area contributed by atoms with Gasteiger partial charge in [-0.15, -0.1) is 0 Å². The first-order valence-corrected chi connectivity index (χ1v) is 8.44. The van der Waals surface area contributed by atoms with Crippen LogP contribution in [0.25, 0.3) is 0 Å². The number of ether oxygens (including phenoxy) is 1. The predicted molar refractivity (Wildman–Crippen MR) is 86.6 cm³/mol. The molecule has 1 amide bonds.